The first-order valence-electron chi connectivity index (χ1n) is 3.77. The lowest BCUT2D eigenvalue weighted by molar-refractivity contribution is -0.201. The van der Waals surface area contributed by atoms with Gasteiger partial charge in [-0.15, -0.1) is 0 Å². The highest BCUT2D eigenvalue weighted by atomic mass is 19.4. The number of halogens is 3. The first-order chi connectivity index (χ1) is 5.75. The van der Waals surface area contributed by atoms with Crippen LogP contribution in [0.15, 0.2) is 0 Å². The molecule has 13 heavy (non-hydrogen) atoms. The predicted octanol–water partition coefficient (Wildman–Crippen LogP) is 0.682. The summed E-state index contributed by atoms with van der Waals surface area (Å²) >= 11 is 0. The third kappa shape index (κ3) is 4.72. The predicted molar refractivity (Wildman–Crippen MR) is 39.9 cm³/mol. The molecule has 0 rings (SSSR count). The summed E-state index contributed by atoms with van der Waals surface area (Å²) in [5.41, 5.74) is 0. The molecular weight excluding hydrogens is 187 g/mol. The Labute approximate surface area is 73.9 Å². The molecule has 0 heterocycles. The molecule has 0 spiro atoms. The summed E-state index contributed by atoms with van der Waals surface area (Å²) in [5, 5.41) is 10.5. The van der Waals surface area contributed by atoms with Gasteiger partial charge in [0, 0.05) is 5.92 Å². The third-order valence-corrected chi connectivity index (χ3v) is 1.37. The molecule has 0 aliphatic heterocycles. The van der Waals surface area contributed by atoms with Crippen LogP contribution in [0.2, 0.25) is 0 Å². The molecule has 3 nitrogen and oxygen atoms in total. The molecule has 0 fully saturated rings. The summed E-state index contributed by atoms with van der Waals surface area (Å²) < 4.78 is 35.1. The van der Waals surface area contributed by atoms with E-state index in [1.807, 2.05) is 5.32 Å². The zero-order valence-corrected chi connectivity index (χ0v) is 7.35. The fourth-order valence-electron chi connectivity index (χ4n) is 0.517. The highest BCUT2D eigenvalue weighted by Crippen LogP contribution is 2.19. The van der Waals surface area contributed by atoms with Crippen molar-refractivity contribution < 1.29 is 23.1 Å². The average molecular weight is 199 g/mol. The first-order valence-corrected chi connectivity index (χ1v) is 3.77. The van der Waals surface area contributed by atoms with Gasteiger partial charge in [-0.25, -0.2) is 0 Å². The van der Waals surface area contributed by atoms with Crippen LogP contribution in [-0.4, -0.2) is 29.8 Å². The minimum Gasteiger partial charge on any atom is -0.382 e. The van der Waals surface area contributed by atoms with Crippen LogP contribution < -0.4 is 5.32 Å². The number of nitrogens with one attached hydrogen (secondary N) is 1. The monoisotopic (exact) mass is 199 g/mol. The van der Waals surface area contributed by atoms with Gasteiger partial charge in [0.1, 0.15) is 0 Å². The maximum Gasteiger partial charge on any atom is 0.416 e. The standard InChI is InChI=1S/C7H12F3NO2/c1-4(2)6(13)11-3-5(12)7(8,9)10/h4-5,12H,3H2,1-2H3,(H,11,13). The minimum absolute atomic E-state index is 0.388. The van der Waals surface area contributed by atoms with Crippen LogP contribution in [0.1, 0.15) is 13.8 Å². The first kappa shape index (κ1) is 12.2. The lowest BCUT2D eigenvalue weighted by Crippen LogP contribution is -2.41. The Morgan fingerprint density at radius 1 is 1.46 bits per heavy atom. The summed E-state index contributed by atoms with van der Waals surface area (Å²) in [7, 11) is 0. The number of hydrogen-bond acceptors (Lipinski definition) is 2. The van der Waals surface area contributed by atoms with Crippen molar-refractivity contribution in [2.45, 2.75) is 26.1 Å². The van der Waals surface area contributed by atoms with E-state index in [0.29, 0.717) is 0 Å². The molecule has 0 aliphatic carbocycles. The summed E-state index contributed by atoms with van der Waals surface area (Å²) in [6.45, 7) is 2.31. The van der Waals surface area contributed by atoms with E-state index in [0.717, 1.165) is 0 Å². The maximum absolute atomic E-state index is 11.7. The Morgan fingerprint density at radius 2 is 1.92 bits per heavy atom. The van der Waals surface area contributed by atoms with Gasteiger partial charge in [-0.05, 0) is 0 Å². The maximum atomic E-state index is 11.7. The smallest absolute Gasteiger partial charge is 0.382 e. The SMILES string of the molecule is CC(C)C(=O)NCC(O)C(F)(F)F. The molecule has 0 aromatic heterocycles. The fraction of sp³-hybridized carbons (Fsp3) is 0.857. The number of hydrogen-bond donors (Lipinski definition) is 2. The number of carbonyl (C=O) groups is 1. The highest BCUT2D eigenvalue weighted by Gasteiger charge is 2.38. The number of aliphatic hydroxyl groups is 1. The van der Waals surface area contributed by atoms with Gasteiger partial charge in [0.05, 0.1) is 6.54 Å². The second-order valence-corrected chi connectivity index (χ2v) is 2.96. The van der Waals surface area contributed by atoms with Gasteiger partial charge >= 0.3 is 6.18 Å². The molecule has 0 aromatic carbocycles. The van der Waals surface area contributed by atoms with Crippen LogP contribution >= 0.6 is 0 Å². The molecule has 1 atom stereocenters. The second-order valence-electron chi connectivity index (χ2n) is 2.96. The lowest BCUT2D eigenvalue weighted by Gasteiger charge is -2.15. The van der Waals surface area contributed by atoms with Crippen molar-refractivity contribution in [3.05, 3.63) is 0 Å². The molecule has 0 saturated carbocycles. The third-order valence-electron chi connectivity index (χ3n) is 1.37. The molecule has 1 amide bonds. The van der Waals surface area contributed by atoms with Gasteiger partial charge in [-0.1, -0.05) is 13.8 Å². The molecule has 1 unspecified atom stereocenters. The van der Waals surface area contributed by atoms with E-state index in [2.05, 4.69) is 0 Å². The average Bonchev–Trinajstić information content (AvgIpc) is 1.97. The minimum atomic E-state index is -4.68. The second kappa shape index (κ2) is 4.45. The summed E-state index contributed by atoms with van der Waals surface area (Å²) in [4.78, 5) is 10.8. The van der Waals surface area contributed by atoms with Crippen molar-refractivity contribution in [1.82, 2.24) is 5.32 Å². The number of aliphatic hydroxyl groups excluding tert-OH is 1. The molecule has 78 valence electrons. The van der Waals surface area contributed by atoms with Crippen molar-refractivity contribution in [3.8, 4) is 0 Å². The van der Waals surface area contributed by atoms with Gasteiger partial charge in [0.15, 0.2) is 6.10 Å². The molecular formula is C7H12F3NO2. The van der Waals surface area contributed by atoms with Crippen molar-refractivity contribution in [3.63, 3.8) is 0 Å². The van der Waals surface area contributed by atoms with E-state index in [9.17, 15) is 18.0 Å². The van der Waals surface area contributed by atoms with Crippen LogP contribution in [-0.2, 0) is 4.79 Å². The van der Waals surface area contributed by atoms with Gasteiger partial charge < -0.3 is 10.4 Å². The van der Waals surface area contributed by atoms with Gasteiger partial charge in [-0.2, -0.15) is 13.2 Å². The van der Waals surface area contributed by atoms with Crippen molar-refractivity contribution in [1.29, 1.82) is 0 Å². The summed E-state index contributed by atoms with van der Waals surface area (Å²) in [5.74, 6) is -0.899. The van der Waals surface area contributed by atoms with Crippen LogP contribution in [0.3, 0.4) is 0 Å². The van der Waals surface area contributed by atoms with Crippen molar-refractivity contribution >= 4 is 5.91 Å². The summed E-state index contributed by atoms with van der Waals surface area (Å²) in [6.07, 6.45) is -7.17. The Balaban J connectivity index is 3.84. The molecule has 0 aromatic rings. The van der Waals surface area contributed by atoms with Gasteiger partial charge in [0.25, 0.3) is 0 Å². The summed E-state index contributed by atoms with van der Waals surface area (Å²) in [6, 6.07) is 0. The van der Waals surface area contributed by atoms with Crippen LogP contribution in [0.25, 0.3) is 0 Å². The molecule has 0 radical (unpaired) electrons. The van der Waals surface area contributed by atoms with Gasteiger partial charge in [-0.3, -0.25) is 4.79 Å². The van der Waals surface area contributed by atoms with E-state index in [1.165, 1.54) is 0 Å². The molecule has 0 saturated heterocycles. The van der Waals surface area contributed by atoms with Crippen molar-refractivity contribution in [2.75, 3.05) is 6.54 Å². The zero-order chi connectivity index (χ0) is 10.6. The normalized spacial score (nSPS) is 14.4. The van der Waals surface area contributed by atoms with E-state index in [4.69, 9.17) is 5.11 Å². The number of rotatable bonds is 3. The number of amides is 1. The van der Waals surface area contributed by atoms with E-state index >= 15 is 0 Å². The Hall–Kier alpha value is -0.780. The van der Waals surface area contributed by atoms with E-state index in [-0.39, 0.29) is 5.92 Å². The van der Waals surface area contributed by atoms with E-state index < -0.39 is 24.7 Å². The fourth-order valence-corrected chi connectivity index (χ4v) is 0.517. The zero-order valence-electron chi connectivity index (χ0n) is 7.35. The Bertz CT molecular complexity index is 179. The highest BCUT2D eigenvalue weighted by molar-refractivity contribution is 5.77. The van der Waals surface area contributed by atoms with Crippen LogP contribution in [0.4, 0.5) is 13.2 Å². The Morgan fingerprint density at radius 3 is 2.23 bits per heavy atom. The van der Waals surface area contributed by atoms with Crippen LogP contribution in [0, 0.1) is 5.92 Å². The number of carbonyl (C=O) groups excluding carboxylic acids is 1. The quantitative estimate of drug-likeness (QED) is 0.702. The largest absolute Gasteiger partial charge is 0.416 e. The lowest BCUT2D eigenvalue weighted by atomic mass is 10.2. The topological polar surface area (TPSA) is 49.3 Å². The van der Waals surface area contributed by atoms with E-state index in [1.54, 1.807) is 13.8 Å². The van der Waals surface area contributed by atoms with Crippen molar-refractivity contribution in [2.24, 2.45) is 5.92 Å². The molecule has 0 aliphatic rings. The Kier molecular flexibility index (Phi) is 4.19. The molecule has 6 heteroatoms. The van der Waals surface area contributed by atoms with Crippen LogP contribution in [0.5, 0.6) is 0 Å². The number of alkyl halides is 3. The molecule has 0 bridgehead atoms. The molecule has 2 N–H and O–H groups in total. The van der Waals surface area contributed by atoms with Gasteiger partial charge in [0.2, 0.25) is 5.91 Å².